The SMILES string of the molecule is Cc1cc(CN)nc(Oc2cncc(Cl)c2)n1. The van der Waals surface area contributed by atoms with Crippen molar-refractivity contribution in [3.05, 3.63) is 40.9 Å². The van der Waals surface area contributed by atoms with Crippen LogP contribution in [0.4, 0.5) is 0 Å². The van der Waals surface area contributed by atoms with Crippen LogP contribution >= 0.6 is 11.6 Å². The highest BCUT2D eigenvalue weighted by Gasteiger charge is 2.04. The van der Waals surface area contributed by atoms with Gasteiger partial charge in [-0.3, -0.25) is 4.98 Å². The average Bonchev–Trinajstić information content (AvgIpc) is 2.28. The fraction of sp³-hybridized carbons (Fsp3) is 0.182. The summed E-state index contributed by atoms with van der Waals surface area (Å²) >= 11 is 5.80. The van der Waals surface area contributed by atoms with Gasteiger partial charge in [-0.15, -0.1) is 0 Å². The summed E-state index contributed by atoms with van der Waals surface area (Å²) in [6, 6.07) is 3.69. The lowest BCUT2D eigenvalue weighted by molar-refractivity contribution is 0.436. The Bertz CT molecular complexity index is 533. The maximum absolute atomic E-state index is 5.80. The van der Waals surface area contributed by atoms with Crippen molar-refractivity contribution in [1.29, 1.82) is 0 Å². The van der Waals surface area contributed by atoms with Gasteiger partial charge in [-0.25, -0.2) is 4.98 Å². The van der Waals surface area contributed by atoms with Crippen molar-refractivity contribution >= 4 is 11.6 Å². The van der Waals surface area contributed by atoms with Gasteiger partial charge in [0.1, 0.15) is 0 Å². The van der Waals surface area contributed by atoms with Gasteiger partial charge >= 0.3 is 6.01 Å². The molecule has 0 aromatic carbocycles. The van der Waals surface area contributed by atoms with Gasteiger partial charge in [0.05, 0.1) is 16.9 Å². The van der Waals surface area contributed by atoms with Gasteiger partial charge in [-0.05, 0) is 13.0 Å². The standard InChI is InChI=1S/C11H11ClN4O/c1-7-2-9(4-13)16-11(15-7)17-10-3-8(12)5-14-6-10/h2-3,5-6H,4,13H2,1H3. The van der Waals surface area contributed by atoms with E-state index in [0.717, 1.165) is 11.4 Å². The van der Waals surface area contributed by atoms with Gasteiger partial charge in [0.15, 0.2) is 5.75 Å². The molecule has 2 heterocycles. The number of nitrogens with two attached hydrogens (primary N) is 1. The summed E-state index contributed by atoms with van der Waals surface area (Å²) in [6.07, 6.45) is 3.07. The Balaban J connectivity index is 2.26. The summed E-state index contributed by atoms with van der Waals surface area (Å²) in [6.45, 7) is 2.19. The van der Waals surface area contributed by atoms with E-state index in [1.165, 1.54) is 6.20 Å². The Morgan fingerprint density at radius 2 is 2.12 bits per heavy atom. The van der Waals surface area contributed by atoms with E-state index in [2.05, 4.69) is 15.0 Å². The van der Waals surface area contributed by atoms with Gasteiger partial charge in [-0.1, -0.05) is 11.6 Å². The van der Waals surface area contributed by atoms with Gasteiger partial charge in [0.2, 0.25) is 0 Å². The minimum absolute atomic E-state index is 0.245. The molecule has 6 heteroatoms. The van der Waals surface area contributed by atoms with Crippen molar-refractivity contribution in [3.8, 4) is 11.8 Å². The first-order chi connectivity index (χ1) is 8.17. The minimum Gasteiger partial charge on any atom is -0.423 e. The van der Waals surface area contributed by atoms with Crippen molar-refractivity contribution in [2.75, 3.05) is 0 Å². The predicted octanol–water partition coefficient (Wildman–Crippen LogP) is 2.08. The molecule has 88 valence electrons. The number of ether oxygens (including phenoxy) is 1. The first-order valence-corrected chi connectivity index (χ1v) is 5.38. The summed E-state index contributed by atoms with van der Waals surface area (Å²) in [5, 5.41) is 0.495. The predicted molar refractivity (Wildman–Crippen MR) is 64.0 cm³/mol. The molecule has 2 aromatic heterocycles. The normalized spacial score (nSPS) is 10.3. The van der Waals surface area contributed by atoms with Crippen molar-refractivity contribution in [3.63, 3.8) is 0 Å². The van der Waals surface area contributed by atoms with E-state index in [-0.39, 0.29) is 6.01 Å². The molecular formula is C11H11ClN4O. The molecule has 0 atom stereocenters. The van der Waals surface area contributed by atoms with Crippen LogP contribution in [-0.4, -0.2) is 15.0 Å². The van der Waals surface area contributed by atoms with Crippen molar-refractivity contribution in [2.45, 2.75) is 13.5 Å². The van der Waals surface area contributed by atoms with Crippen molar-refractivity contribution in [2.24, 2.45) is 5.73 Å². The zero-order valence-electron chi connectivity index (χ0n) is 9.22. The fourth-order valence-corrected chi connectivity index (χ4v) is 1.47. The molecule has 5 nitrogen and oxygen atoms in total. The molecule has 0 aliphatic carbocycles. The van der Waals surface area contributed by atoms with E-state index in [1.54, 1.807) is 12.3 Å². The molecule has 0 radical (unpaired) electrons. The summed E-state index contributed by atoms with van der Waals surface area (Å²) in [4.78, 5) is 12.2. The number of aryl methyl sites for hydroxylation is 1. The molecule has 2 aromatic rings. The zero-order chi connectivity index (χ0) is 12.3. The third-order valence-corrected chi connectivity index (χ3v) is 2.19. The monoisotopic (exact) mass is 250 g/mol. The van der Waals surface area contributed by atoms with Gasteiger partial charge in [-0.2, -0.15) is 4.98 Å². The number of rotatable bonds is 3. The Morgan fingerprint density at radius 1 is 1.29 bits per heavy atom. The van der Waals surface area contributed by atoms with Crippen LogP contribution in [0.25, 0.3) is 0 Å². The summed E-state index contributed by atoms with van der Waals surface area (Å²) in [5.74, 6) is 0.492. The van der Waals surface area contributed by atoms with E-state index in [0.29, 0.717) is 17.3 Å². The first kappa shape index (κ1) is 11.8. The molecule has 0 amide bonds. The van der Waals surface area contributed by atoms with Gasteiger partial charge in [0, 0.05) is 24.5 Å². The number of halogens is 1. The lowest BCUT2D eigenvalue weighted by atomic mass is 10.3. The molecule has 17 heavy (non-hydrogen) atoms. The lowest BCUT2D eigenvalue weighted by Gasteiger charge is -2.05. The highest BCUT2D eigenvalue weighted by Crippen LogP contribution is 2.20. The second-order valence-electron chi connectivity index (χ2n) is 3.43. The number of hydrogen-bond donors (Lipinski definition) is 1. The van der Waals surface area contributed by atoms with Crippen LogP contribution in [0.2, 0.25) is 5.02 Å². The maximum Gasteiger partial charge on any atom is 0.322 e. The van der Waals surface area contributed by atoms with Crippen LogP contribution in [-0.2, 0) is 6.54 Å². The second kappa shape index (κ2) is 5.07. The van der Waals surface area contributed by atoms with Crippen LogP contribution in [0.15, 0.2) is 24.5 Å². The number of nitrogens with zero attached hydrogens (tertiary/aromatic N) is 3. The van der Waals surface area contributed by atoms with Gasteiger partial charge < -0.3 is 10.5 Å². The number of pyridine rings is 1. The summed E-state index contributed by atoms with van der Waals surface area (Å²) in [5.41, 5.74) is 7.05. The molecule has 0 aliphatic heterocycles. The van der Waals surface area contributed by atoms with E-state index in [1.807, 2.05) is 13.0 Å². The highest BCUT2D eigenvalue weighted by atomic mass is 35.5. The quantitative estimate of drug-likeness (QED) is 0.903. The van der Waals surface area contributed by atoms with Crippen LogP contribution in [0, 0.1) is 6.92 Å². The van der Waals surface area contributed by atoms with Crippen molar-refractivity contribution in [1.82, 2.24) is 15.0 Å². The molecule has 0 bridgehead atoms. The Labute approximate surface area is 104 Å². The molecule has 2 N–H and O–H groups in total. The molecule has 0 unspecified atom stereocenters. The molecular weight excluding hydrogens is 240 g/mol. The van der Waals surface area contributed by atoms with Crippen LogP contribution < -0.4 is 10.5 Å². The number of hydrogen-bond acceptors (Lipinski definition) is 5. The topological polar surface area (TPSA) is 73.9 Å². The summed E-state index contributed by atoms with van der Waals surface area (Å²) in [7, 11) is 0. The Kier molecular flexibility index (Phi) is 3.51. The second-order valence-corrected chi connectivity index (χ2v) is 3.86. The number of aromatic nitrogens is 3. The van der Waals surface area contributed by atoms with Crippen LogP contribution in [0.3, 0.4) is 0 Å². The van der Waals surface area contributed by atoms with E-state index < -0.39 is 0 Å². The fourth-order valence-electron chi connectivity index (χ4n) is 1.31. The molecule has 0 saturated carbocycles. The van der Waals surface area contributed by atoms with Crippen LogP contribution in [0.1, 0.15) is 11.4 Å². The Morgan fingerprint density at radius 3 is 2.82 bits per heavy atom. The first-order valence-electron chi connectivity index (χ1n) is 5.00. The minimum atomic E-state index is 0.245. The average molecular weight is 251 g/mol. The van der Waals surface area contributed by atoms with E-state index in [9.17, 15) is 0 Å². The van der Waals surface area contributed by atoms with Crippen LogP contribution in [0.5, 0.6) is 11.8 Å². The molecule has 0 fully saturated rings. The highest BCUT2D eigenvalue weighted by molar-refractivity contribution is 6.30. The lowest BCUT2D eigenvalue weighted by Crippen LogP contribution is -2.03. The van der Waals surface area contributed by atoms with Crippen molar-refractivity contribution < 1.29 is 4.74 Å². The van der Waals surface area contributed by atoms with E-state index in [4.69, 9.17) is 22.1 Å². The molecule has 0 saturated heterocycles. The smallest absolute Gasteiger partial charge is 0.322 e. The summed E-state index contributed by atoms with van der Waals surface area (Å²) < 4.78 is 5.46. The largest absolute Gasteiger partial charge is 0.423 e. The molecule has 0 aliphatic rings. The molecule has 0 spiro atoms. The molecule has 2 rings (SSSR count). The van der Waals surface area contributed by atoms with Gasteiger partial charge in [0.25, 0.3) is 0 Å². The maximum atomic E-state index is 5.80. The third kappa shape index (κ3) is 3.12. The Hall–Kier alpha value is -1.72. The van der Waals surface area contributed by atoms with E-state index >= 15 is 0 Å². The third-order valence-electron chi connectivity index (χ3n) is 1.98. The zero-order valence-corrected chi connectivity index (χ0v) is 9.98.